The molecule has 2 rings (SSSR count). The summed E-state index contributed by atoms with van der Waals surface area (Å²) in [4.78, 5) is 17.1. The molecule has 14 heavy (non-hydrogen) atoms. The van der Waals surface area contributed by atoms with E-state index in [2.05, 4.69) is 9.88 Å². The predicted octanol–water partition coefficient (Wildman–Crippen LogP) is 0.833. The summed E-state index contributed by atoms with van der Waals surface area (Å²) in [5.74, 6) is 0.877. The number of nitrogens with two attached hydrogens (primary N) is 1. The SMILES string of the molecule is Nc1cc(N2CCC(=O)CC2)ccn1. The highest BCUT2D eigenvalue weighted by atomic mass is 16.1. The van der Waals surface area contributed by atoms with Crippen LogP contribution < -0.4 is 10.6 Å². The van der Waals surface area contributed by atoms with Gasteiger partial charge in [-0.2, -0.15) is 0 Å². The van der Waals surface area contributed by atoms with Gasteiger partial charge in [0.15, 0.2) is 0 Å². The van der Waals surface area contributed by atoms with Gasteiger partial charge >= 0.3 is 0 Å². The molecule has 0 aliphatic carbocycles. The Bertz CT molecular complexity index is 341. The summed E-state index contributed by atoms with van der Waals surface area (Å²) in [6.07, 6.45) is 2.98. The van der Waals surface area contributed by atoms with Crippen LogP contribution >= 0.6 is 0 Å². The van der Waals surface area contributed by atoms with E-state index < -0.39 is 0 Å². The van der Waals surface area contributed by atoms with Gasteiger partial charge in [-0.25, -0.2) is 4.98 Å². The zero-order chi connectivity index (χ0) is 9.97. The lowest BCUT2D eigenvalue weighted by atomic mass is 10.1. The zero-order valence-electron chi connectivity index (χ0n) is 7.94. The maximum absolute atomic E-state index is 11.0. The fourth-order valence-electron chi connectivity index (χ4n) is 1.65. The van der Waals surface area contributed by atoms with Crippen LogP contribution in [0.4, 0.5) is 11.5 Å². The number of nitrogens with zero attached hydrogens (tertiary/aromatic N) is 2. The van der Waals surface area contributed by atoms with E-state index in [1.54, 1.807) is 6.20 Å². The number of nitrogen functional groups attached to an aromatic ring is 1. The first-order valence-corrected chi connectivity index (χ1v) is 4.74. The molecule has 4 heteroatoms. The molecule has 0 unspecified atom stereocenters. The molecule has 0 atom stereocenters. The fourth-order valence-corrected chi connectivity index (χ4v) is 1.65. The van der Waals surface area contributed by atoms with E-state index in [1.165, 1.54) is 0 Å². The van der Waals surface area contributed by atoms with E-state index in [0.717, 1.165) is 18.8 Å². The van der Waals surface area contributed by atoms with Crippen molar-refractivity contribution < 1.29 is 4.79 Å². The molecule has 1 aromatic rings. The quantitative estimate of drug-likeness (QED) is 0.714. The molecule has 0 aromatic carbocycles. The van der Waals surface area contributed by atoms with Gasteiger partial charge in [-0.1, -0.05) is 0 Å². The van der Waals surface area contributed by atoms with Gasteiger partial charge in [0.05, 0.1) is 0 Å². The van der Waals surface area contributed by atoms with Gasteiger partial charge in [-0.3, -0.25) is 4.79 Å². The third-order valence-electron chi connectivity index (χ3n) is 2.45. The number of ketones is 1. The lowest BCUT2D eigenvalue weighted by Gasteiger charge is -2.28. The Hall–Kier alpha value is -1.58. The summed E-state index contributed by atoms with van der Waals surface area (Å²) in [7, 11) is 0. The smallest absolute Gasteiger partial charge is 0.136 e. The fraction of sp³-hybridized carbons (Fsp3) is 0.400. The summed E-state index contributed by atoms with van der Waals surface area (Å²) in [5, 5.41) is 0. The Morgan fingerprint density at radius 1 is 1.36 bits per heavy atom. The predicted molar refractivity (Wildman–Crippen MR) is 55.1 cm³/mol. The van der Waals surface area contributed by atoms with Crippen LogP contribution in [0, 0.1) is 0 Å². The Morgan fingerprint density at radius 2 is 2.07 bits per heavy atom. The highest BCUT2D eigenvalue weighted by Crippen LogP contribution is 2.18. The number of carbonyl (C=O) groups excluding carboxylic acids is 1. The van der Waals surface area contributed by atoms with E-state index in [9.17, 15) is 4.79 Å². The number of anilines is 2. The molecule has 1 aliphatic heterocycles. The topological polar surface area (TPSA) is 59.2 Å². The normalized spacial score (nSPS) is 17.1. The van der Waals surface area contributed by atoms with Crippen molar-refractivity contribution in [1.82, 2.24) is 4.98 Å². The van der Waals surface area contributed by atoms with Crippen molar-refractivity contribution in [2.45, 2.75) is 12.8 Å². The second-order valence-electron chi connectivity index (χ2n) is 3.46. The minimum atomic E-state index is 0.350. The van der Waals surface area contributed by atoms with Crippen molar-refractivity contribution in [3.8, 4) is 0 Å². The molecule has 1 fully saturated rings. The summed E-state index contributed by atoms with van der Waals surface area (Å²) in [6, 6.07) is 3.77. The van der Waals surface area contributed by atoms with Crippen molar-refractivity contribution in [3.05, 3.63) is 18.3 Å². The zero-order valence-corrected chi connectivity index (χ0v) is 7.94. The molecular weight excluding hydrogens is 178 g/mol. The molecule has 1 aromatic heterocycles. The van der Waals surface area contributed by atoms with Gasteiger partial charge in [-0.05, 0) is 6.07 Å². The van der Waals surface area contributed by atoms with Crippen molar-refractivity contribution in [2.75, 3.05) is 23.7 Å². The number of aromatic nitrogens is 1. The number of rotatable bonds is 1. The third-order valence-corrected chi connectivity index (χ3v) is 2.45. The minimum Gasteiger partial charge on any atom is -0.384 e. The van der Waals surface area contributed by atoms with Gasteiger partial charge in [0.25, 0.3) is 0 Å². The molecule has 1 saturated heterocycles. The molecule has 0 spiro atoms. The molecular formula is C10H13N3O. The third kappa shape index (κ3) is 1.84. The molecule has 0 radical (unpaired) electrons. The van der Waals surface area contributed by atoms with Crippen molar-refractivity contribution in [1.29, 1.82) is 0 Å². The average molecular weight is 191 g/mol. The van der Waals surface area contributed by atoms with Crippen LogP contribution in [0.25, 0.3) is 0 Å². The van der Waals surface area contributed by atoms with Crippen molar-refractivity contribution in [3.63, 3.8) is 0 Å². The van der Waals surface area contributed by atoms with E-state index >= 15 is 0 Å². The van der Waals surface area contributed by atoms with Gasteiger partial charge < -0.3 is 10.6 Å². The lowest BCUT2D eigenvalue weighted by Crippen LogP contribution is -2.33. The van der Waals surface area contributed by atoms with Crippen LogP contribution in [-0.4, -0.2) is 23.9 Å². The van der Waals surface area contributed by atoms with Gasteiger partial charge in [0.2, 0.25) is 0 Å². The molecule has 2 heterocycles. The van der Waals surface area contributed by atoms with E-state index in [-0.39, 0.29) is 0 Å². The molecule has 4 nitrogen and oxygen atoms in total. The van der Waals surface area contributed by atoms with E-state index in [0.29, 0.717) is 24.4 Å². The second-order valence-corrected chi connectivity index (χ2v) is 3.46. The number of Topliss-reactive ketones (excluding diaryl/α,β-unsaturated/α-hetero) is 1. The highest BCUT2D eigenvalue weighted by Gasteiger charge is 2.16. The molecule has 74 valence electrons. The summed E-state index contributed by atoms with van der Waals surface area (Å²) in [6.45, 7) is 1.59. The largest absolute Gasteiger partial charge is 0.384 e. The maximum atomic E-state index is 11.0. The first kappa shape index (κ1) is 8.99. The Balaban J connectivity index is 2.12. The average Bonchev–Trinajstić information content (AvgIpc) is 2.19. The first-order chi connectivity index (χ1) is 6.75. The van der Waals surface area contributed by atoms with Gasteiger partial charge in [0.1, 0.15) is 11.6 Å². The molecule has 2 N–H and O–H groups in total. The van der Waals surface area contributed by atoms with Crippen LogP contribution in [-0.2, 0) is 4.79 Å². The van der Waals surface area contributed by atoms with Crippen LogP contribution in [0.3, 0.4) is 0 Å². The maximum Gasteiger partial charge on any atom is 0.136 e. The van der Waals surface area contributed by atoms with Gasteiger partial charge in [-0.15, -0.1) is 0 Å². The number of hydrogen-bond acceptors (Lipinski definition) is 4. The van der Waals surface area contributed by atoms with Crippen LogP contribution in [0.1, 0.15) is 12.8 Å². The molecule has 1 aliphatic rings. The monoisotopic (exact) mass is 191 g/mol. The Kier molecular flexibility index (Phi) is 2.35. The first-order valence-electron chi connectivity index (χ1n) is 4.74. The number of pyridine rings is 1. The molecule has 0 bridgehead atoms. The standard InChI is InChI=1S/C10H13N3O/c11-10-7-8(1-4-12-10)13-5-2-9(14)3-6-13/h1,4,7H,2-3,5-6H2,(H2,11,12). The Morgan fingerprint density at radius 3 is 2.71 bits per heavy atom. The molecule has 0 amide bonds. The van der Waals surface area contributed by atoms with Crippen molar-refractivity contribution in [2.24, 2.45) is 0 Å². The lowest BCUT2D eigenvalue weighted by molar-refractivity contribution is -0.119. The van der Waals surface area contributed by atoms with E-state index in [4.69, 9.17) is 5.73 Å². The van der Waals surface area contributed by atoms with Crippen LogP contribution in [0.15, 0.2) is 18.3 Å². The van der Waals surface area contributed by atoms with E-state index in [1.807, 2.05) is 12.1 Å². The van der Waals surface area contributed by atoms with Gasteiger partial charge in [0, 0.05) is 43.9 Å². The van der Waals surface area contributed by atoms with Crippen LogP contribution in [0.5, 0.6) is 0 Å². The number of piperidine rings is 1. The minimum absolute atomic E-state index is 0.350. The summed E-state index contributed by atoms with van der Waals surface area (Å²) >= 11 is 0. The van der Waals surface area contributed by atoms with Crippen molar-refractivity contribution >= 4 is 17.3 Å². The highest BCUT2D eigenvalue weighted by molar-refractivity contribution is 5.81. The van der Waals surface area contributed by atoms with Crippen LogP contribution in [0.2, 0.25) is 0 Å². The number of carbonyl (C=O) groups is 1. The number of hydrogen-bond donors (Lipinski definition) is 1. The molecule has 0 saturated carbocycles. The second kappa shape index (κ2) is 3.65. The summed E-state index contributed by atoms with van der Waals surface area (Å²) in [5.41, 5.74) is 6.65. The Labute approximate surface area is 82.7 Å². The summed E-state index contributed by atoms with van der Waals surface area (Å²) < 4.78 is 0.